The summed E-state index contributed by atoms with van der Waals surface area (Å²) in [6, 6.07) is 31.0. The van der Waals surface area contributed by atoms with Gasteiger partial charge in [-0.15, -0.1) is 0 Å². The van der Waals surface area contributed by atoms with Crippen LogP contribution in [0.5, 0.6) is 0 Å². The molecule has 2 aliphatic heterocycles. The molecular formula is C31H31N2O+. The van der Waals surface area contributed by atoms with Gasteiger partial charge in [0.1, 0.15) is 7.05 Å². The maximum absolute atomic E-state index is 6.80. The van der Waals surface area contributed by atoms with Crippen LogP contribution in [0.25, 0.3) is 0 Å². The van der Waals surface area contributed by atoms with Crippen molar-refractivity contribution < 1.29 is 9.31 Å². The van der Waals surface area contributed by atoms with Crippen molar-refractivity contribution in [3.8, 4) is 0 Å². The highest BCUT2D eigenvalue weighted by molar-refractivity contribution is 5.99. The minimum atomic E-state index is -0.214. The van der Waals surface area contributed by atoms with Gasteiger partial charge in [0.25, 0.3) is 0 Å². The van der Waals surface area contributed by atoms with Gasteiger partial charge in [0, 0.05) is 11.6 Å². The molecule has 0 bridgehead atoms. The molecule has 3 nitrogen and oxygen atoms in total. The summed E-state index contributed by atoms with van der Waals surface area (Å²) >= 11 is 0. The molecule has 0 spiro atoms. The lowest BCUT2D eigenvalue weighted by molar-refractivity contribution is -0.407. The number of hydrogen-bond donors (Lipinski definition) is 0. The molecular weight excluding hydrogens is 416 g/mol. The summed E-state index contributed by atoms with van der Waals surface area (Å²) in [4.78, 5) is 2.41. The van der Waals surface area contributed by atoms with Gasteiger partial charge in [-0.1, -0.05) is 103 Å². The number of para-hydroxylation sites is 1. The van der Waals surface area contributed by atoms with Crippen molar-refractivity contribution in [1.82, 2.24) is 4.90 Å². The second-order valence-electron chi connectivity index (χ2n) is 9.75. The van der Waals surface area contributed by atoms with E-state index in [0.29, 0.717) is 0 Å². The van der Waals surface area contributed by atoms with Crippen LogP contribution in [0.2, 0.25) is 0 Å². The number of fused-ring (bicyclic) bond motifs is 2. The van der Waals surface area contributed by atoms with E-state index in [4.69, 9.17) is 4.74 Å². The molecule has 0 N–H and O–H groups in total. The summed E-state index contributed by atoms with van der Waals surface area (Å²) in [5.41, 5.74) is 6.48. The summed E-state index contributed by atoms with van der Waals surface area (Å²) in [7, 11) is 4.43. The molecule has 3 aromatic rings. The summed E-state index contributed by atoms with van der Waals surface area (Å²) in [6.07, 6.45) is 10.5. The number of benzene rings is 3. The van der Waals surface area contributed by atoms with Crippen LogP contribution >= 0.6 is 0 Å². The number of allylic oxidation sites excluding steroid dienone is 2. The van der Waals surface area contributed by atoms with Gasteiger partial charge in [-0.25, -0.2) is 0 Å². The van der Waals surface area contributed by atoms with Crippen LogP contribution in [0.15, 0.2) is 109 Å². The van der Waals surface area contributed by atoms with Crippen LogP contribution in [0.1, 0.15) is 16.7 Å². The first-order valence-electron chi connectivity index (χ1n) is 12.2. The third-order valence-electron chi connectivity index (χ3n) is 7.75. The molecule has 1 aliphatic carbocycles. The second kappa shape index (κ2) is 8.50. The molecule has 3 atom stereocenters. The van der Waals surface area contributed by atoms with Gasteiger partial charge in [0.15, 0.2) is 6.23 Å². The highest BCUT2D eigenvalue weighted by Gasteiger charge is 2.58. The van der Waals surface area contributed by atoms with Crippen molar-refractivity contribution in [3.05, 3.63) is 126 Å². The Bertz CT molecular complexity index is 1230. The molecule has 2 heterocycles. The van der Waals surface area contributed by atoms with E-state index in [-0.39, 0.29) is 23.8 Å². The van der Waals surface area contributed by atoms with Crippen LogP contribution in [0.3, 0.4) is 0 Å². The second-order valence-corrected chi connectivity index (χ2v) is 9.75. The van der Waals surface area contributed by atoms with E-state index in [1.54, 1.807) is 0 Å². The fraction of sp³-hybridized carbons (Fsp3) is 0.258. The summed E-state index contributed by atoms with van der Waals surface area (Å²) in [5, 5.41) is 0. The van der Waals surface area contributed by atoms with Gasteiger partial charge in [-0.3, -0.25) is 4.90 Å². The first-order chi connectivity index (χ1) is 16.7. The van der Waals surface area contributed by atoms with Gasteiger partial charge in [-0.05, 0) is 31.0 Å². The Kier molecular flexibility index (Phi) is 5.32. The van der Waals surface area contributed by atoms with Gasteiger partial charge < -0.3 is 4.74 Å². The zero-order valence-corrected chi connectivity index (χ0v) is 19.8. The molecule has 0 amide bonds. The number of nitrogens with zero attached hydrogens (tertiary/aromatic N) is 2. The number of likely N-dealkylation sites (N-methyl/N-ethyl adjacent to an activating group) is 1. The molecule has 0 radical (unpaired) electrons. The fourth-order valence-corrected chi connectivity index (χ4v) is 6.21. The molecule has 170 valence electrons. The first kappa shape index (κ1) is 21.3. The van der Waals surface area contributed by atoms with E-state index < -0.39 is 0 Å². The maximum atomic E-state index is 6.80. The molecule has 1 fully saturated rings. The molecule has 3 aliphatic rings. The van der Waals surface area contributed by atoms with Gasteiger partial charge in [0.2, 0.25) is 11.4 Å². The fourth-order valence-electron chi connectivity index (χ4n) is 6.21. The van der Waals surface area contributed by atoms with E-state index in [0.717, 1.165) is 12.8 Å². The molecule has 3 unspecified atom stereocenters. The van der Waals surface area contributed by atoms with Crippen molar-refractivity contribution in [3.63, 3.8) is 0 Å². The van der Waals surface area contributed by atoms with Crippen LogP contribution < -0.4 is 0 Å². The van der Waals surface area contributed by atoms with E-state index >= 15 is 0 Å². The lowest BCUT2D eigenvalue weighted by atomic mass is 9.68. The van der Waals surface area contributed by atoms with Crippen molar-refractivity contribution in [1.29, 1.82) is 0 Å². The Balaban J connectivity index is 1.55. The van der Waals surface area contributed by atoms with Crippen LogP contribution in [-0.4, -0.2) is 47.7 Å². The number of rotatable bonds is 5. The number of ether oxygens (including phenoxy) is 1. The normalized spacial score (nSPS) is 24.9. The SMILES string of the molecule is CN1C(C2=[N+](C)c3ccccc3C2(Cc2ccccc2)Cc2ccccc2)OC2C=CC=CC21. The highest BCUT2D eigenvalue weighted by atomic mass is 16.5. The standard InChI is InChI=1S/C31H31N2O/c1-32-26-18-10-9-17-25(26)31(21-23-13-5-3-6-14-23,22-24-15-7-4-8-16-24)29(32)30-33(2)27-19-11-12-20-28(27)34-30/h3-20,27-28,30H,21-22H2,1-2H3/q+1. The van der Waals surface area contributed by atoms with Crippen LogP contribution in [-0.2, 0) is 23.0 Å². The smallest absolute Gasteiger partial charge is 0.213 e. The van der Waals surface area contributed by atoms with Crippen molar-refractivity contribution in [2.75, 3.05) is 14.1 Å². The Labute approximate surface area is 202 Å². The van der Waals surface area contributed by atoms with Gasteiger partial charge in [0.05, 0.1) is 17.6 Å². The maximum Gasteiger partial charge on any atom is 0.213 e. The van der Waals surface area contributed by atoms with E-state index in [1.165, 1.54) is 28.1 Å². The lowest BCUT2D eigenvalue weighted by Crippen LogP contribution is -2.51. The zero-order chi connectivity index (χ0) is 23.1. The van der Waals surface area contributed by atoms with E-state index in [2.05, 4.69) is 133 Å². The molecule has 3 aromatic carbocycles. The predicted octanol–water partition coefficient (Wildman–Crippen LogP) is 5.29. The Morgan fingerprint density at radius 2 is 1.38 bits per heavy atom. The largest absolute Gasteiger partial charge is 0.343 e. The third-order valence-corrected chi connectivity index (χ3v) is 7.75. The van der Waals surface area contributed by atoms with Crippen molar-refractivity contribution in [2.24, 2.45) is 0 Å². The lowest BCUT2D eigenvalue weighted by Gasteiger charge is -2.33. The predicted molar refractivity (Wildman–Crippen MR) is 138 cm³/mol. The Hall–Kier alpha value is -3.27. The van der Waals surface area contributed by atoms with Gasteiger partial charge >= 0.3 is 0 Å². The average Bonchev–Trinajstić information content (AvgIpc) is 3.32. The average molecular weight is 448 g/mol. The quantitative estimate of drug-likeness (QED) is 0.494. The Morgan fingerprint density at radius 1 is 0.794 bits per heavy atom. The van der Waals surface area contributed by atoms with E-state index in [1.807, 2.05) is 0 Å². The minimum absolute atomic E-state index is 0.0794. The molecule has 1 saturated heterocycles. The van der Waals surface area contributed by atoms with Gasteiger partial charge in [-0.2, -0.15) is 4.58 Å². The first-order valence-corrected chi connectivity index (χ1v) is 12.2. The molecule has 0 saturated carbocycles. The highest BCUT2D eigenvalue weighted by Crippen LogP contribution is 2.47. The monoisotopic (exact) mass is 447 g/mol. The minimum Gasteiger partial charge on any atom is -0.343 e. The van der Waals surface area contributed by atoms with Crippen molar-refractivity contribution in [2.45, 2.75) is 36.6 Å². The third kappa shape index (κ3) is 3.39. The molecule has 6 rings (SSSR count). The van der Waals surface area contributed by atoms with E-state index in [9.17, 15) is 0 Å². The zero-order valence-electron chi connectivity index (χ0n) is 19.8. The van der Waals surface area contributed by atoms with Crippen LogP contribution in [0, 0.1) is 0 Å². The van der Waals surface area contributed by atoms with Crippen molar-refractivity contribution >= 4 is 11.4 Å². The molecule has 0 aromatic heterocycles. The van der Waals surface area contributed by atoms with Crippen LogP contribution in [0.4, 0.5) is 5.69 Å². The molecule has 3 heteroatoms. The Morgan fingerprint density at radius 3 is 2.03 bits per heavy atom. The summed E-state index contributed by atoms with van der Waals surface area (Å²) in [6.45, 7) is 0. The summed E-state index contributed by atoms with van der Waals surface area (Å²) < 4.78 is 9.21. The number of hydrogen-bond acceptors (Lipinski definition) is 2. The topological polar surface area (TPSA) is 15.5 Å². The molecule has 34 heavy (non-hydrogen) atoms. The summed E-state index contributed by atoms with van der Waals surface area (Å²) in [5.74, 6) is 0.